The fourth-order valence-corrected chi connectivity index (χ4v) is 2.14. The van der Waals surface area contributed by atoms with Gasteiger partial charge in [-0.05, 0) is 29.7 Å². The fourth-order valence-electron chi connectivity index (χ4n) is 2.14. The van der Waals surface area contributed by atoms with Crippen LogP contribution < -0.4 is 5.32 Å². The standard InChI is InChI=1S/C15H19FN2O2/c1-9(2)12-6-14-10(5-13(12)16)4-11(18-14)7-17-15(19)8-20-3/h4-6,9,18H,7-8H2,1-3H3,(H,17,19). The maximum Gasteiger partial charge on any atom is 0.246 e. The molecule has 0 atom stereocenters. The summed E-state index contributed by atoms with van der Waals surface area (Å²) in [5, 5.41) is 3.53. The summed E-state index contributed by atoms with van der Waals surface area (Å²) in [5.74, 6) is -0.241. The number of halogens is 1. The summed E-state index contributed by atoms with van der Waals surface area (Å²) in [4.78, 5) is 14.5. The van der Waals surface area contributed by atoms with Crippen molar-refractivity contribution in [1.82, 2.24) is 10.3 Å². The van der Waals surface area contributed by atoms with Crippen molar-refractivity contribution in [3.05, 3.63) is 35.3 Å². The van der Waals surface area contributed by atoms with E-state index in [0.29, 0.717) is 12.1 Å². The van der Waals surface area contributed by atoms with Crippen molar-refractivity contribution in [1.29, 1.82) is 0 Å². The summed E-state index contributed by atoms with van der Waals surface area (Å²) in [7, 11) is 1.47. The van der Waals surface area contributed by atoms with E-state index in [1.54, 1.807) is 0 Å². The average molecular weight is 278 g/mol. The molecular weight excluding hydrogens is 259 g/mol. The molecule has 1 aromatic heterocycles. The third kappa shape index (κ3) is 3.17. The molecule has 0 bridgehead atoms. The van der Waals surface area contributed by atoms with Crippen molar-refractivity contribution in [2.75, 3.05) is 13.7 Å². The van der Waals surface area contributed by atoms with Gasteiger partial charge in [0.25, 0.3) is 0 Å². The molecule has 1 heterocycles. The largest absolute Gasteiger partial charge is 0.375 e. The molecule has 0 saturated carbocycles. The van der Waals surface area contributed by atoms with E-state index >= 15 is 0 Å². The van der Waals surface area contributed by atoms with Gasteiger partial charge in [-0.2, -0.15) is 0 Å². The Bertz CT molecular complexity index is 620. The minimum Gasteiger partial charge on any atom is -0.375 e. The van der Waals surface area contributed by atoms with Gasteiger partial charge in [0.15, 0.2) is 0 Å². The van der Waals surface area contributed by atoms with Crippen LogP contribution in [0.5, 0.6) is 0 Å². The molecule has 108 valence electrons. The third-order valence-electron chi connectivity index (χ3n) is 3.17. The minimum atomic E-state index is -0.193. The predicted molar refractivity (Wildman–Crippen MR) is 76.1 cm³/mol. The highest BCUT2D eigenvalue weighted by Gasteiger charge is 2.10. The third-order valence-corrected chi connectivity index (χ3v) is 3.17. The molecular formula is C15H19FN2O2. The fraction of sp³-hybridized carbons (Fsp3) is 0.400. The summed E-state index contributed by atoms with van der Waals surface area (Å²) in [6, 6.07) is 5.20. The Morgan fingerprint density at radius 3 is 2.80 bits per heavy atom. The lowest BCUT2D eigenvalue weighted by molar-refractivity contribution is -0.124. The maximum absolute atomic E-state index is 13.9. The van der Waals surface area contributed by atoms with E-state index in [1.165, 1.54) is 13.2 Å². The molecule has 1 amide bonds. The number of methoxy groups -OCH3 is 1. The molecule has 4 nitrogen and oxygen atoms in total. The highest BCUT2D eigenvalue weighted by Crippen LogP contribution is 2.25. The van der Waals surface area contributed by atoms with Gasteiger partial charge in [-0.1, -0.05) is 13.8 Å². The zero-order valence-corrected chi connectivity index (χ0v) is 11.9. The van der Waals surface area contributed by atoms with Crippen molar-refractivity contribution in [2.45, 2.75) is 26.3 Å². The van der Waals surface area contributed by atoms with E-state index in [9.17, 15) is 9.18 Å². The Morgan fingerprint density at radius 1 is 1.40 bits per heavy atom. The van der Waals surface area contributed by atoms with Gasteiger partial charge in [0.05, 0.1) is 6.54 Å². The normalized spacial score (nSPS) is 11.2. The molecule has 0 aliphatic rings. The number of fused-ring (bicyclic) bond motifs is 1. The van der Waals surface area contributed by atoms with Crippen LogP contribution in [0.25, 0.3) is 10.9 Å². The van der Waals surface area contributed by atoms with Gasteiger partial charge in [0, 0.05) is 23.7 Å². The van der Waals surface area contributed by atoms with Crippen LogP contribution in [0, 0.1) is 5.82 Å². The zero-order chi connectivity index (χ0) is 14.7. The maximum atomic E-state index is 13.9. The number of H-pyrrole nitrogens is 1. The molecule has 5 heteroatoms. The van der Waals surface area contributed by atoms with E-state index in [2.05, 4.69) is 10.3 Å². The highest BCUT2D eigenvalue weighted by atomic mass is 19.1. The van der Waals surface area contributed by atoms with Crippen LogP contribution in [0.4, 0.5) is 4.39 Å². The number of rotatable bonds is 5. The Labute approximate surface area is 117 Å². The van der Waals surface area contributed by atoms with Crippen molar-refractivity contribution in [3.8, 4) is 0 Å². The van der Waals surface area contributed by atoms with Gasteiger partial charge < -0.3 is 15.0 Å². The number of carbonyl (C=O) groups excluding carboxylic acids is 1. The second-order valence-electron chi connectivity index (χ2n) is 5.12. The molecule has 0 aliphatic heterocycles. The molecule has 2 N–H and O–H groups in total. The molecule has 2 rings (SSSR count). The van der Waals surface area contributed by atoms with Crippen LogP contribution >= 0.6 is 0 Å². The Morgan fingerprint density at radius 2 is 2.15 bits per heavy atom. The monoisotopic (exact) mass is 278 g/mol. The predicted octanol–water partition coefficient (Wildman–Crippen LogP) is 2.69. The lowest BCUT2D eigenvalue weighted by Crippen LogP contribution is -2.26. The first-order chi connectivity index (χ1) is 9.51. The summed E-state index contributed by atoms with van der Waals surface area (Å²) >= 11 is 0. The topological polar surface area (TPSA) is 54.1 Å². The summed E-state index contributed by atoms with van der Waals surface area (Å²) in [6.45, 7) is 4.32. The molecule has 2 aromatic rings. The van der Waals surface area contributed by atoms with Gasteiger partial charge >= 0.3 is 0 Å². The van der Waals surface area contributed by atoms with Crippen LogP contribution in [0.3, 0.4) is 0 Å². The highest BCUT2D eigenvalue weighted by molar-refractivity contribution is 5.82. The van der Waals surface area contributed by atoms with E-state index in [4.69, 9.17) is 4.74 Å². The number of benzene rings is 1. The van der Waals surface area contributed by atoms with E-state index < -0.39 is 0 Å². The first kappa shape index (κ1) is 14.5. The van der Waals surface area contributed by atoms with Crippen LogP contribution in [0.15, 0.2) is 18.2 Å². The minimum absolute atomic E-state index is 0.0341. The van der Waals surface area contributed by atoms with E-state index in [1.807, 2.05) is 26.0 Å². The van der Waals surface area contributed by atoms with Gasteiger partial charge in [0.1, 0.15) is 12.4 Å². The second kappa shape index (κ2) is 6.05. The van der Waals surface area contributed by atoms with Crippen molar-refractivity contribution < 1.29 is 13.9 Å². The first-order valence-corrected chi connectivity index (χ1v) is 6.58. The number of aromatic amines is 1. The van der Waals surface area contributed by atoms with Crippen molar-refractivity contribution in [2.24, 2.45) is 0 Å². The van der Waals surface area contributed by atoms with Crippen LogP contribution in [0.2, 0.25) is 0 Å². The van der Waals surface area contributed by atoms with Crippen molar-refractivity contribution >= 4 is 16.8 Å². The smallest absolute Gasteiger partial charge is 0.246 e. The Hall–Kier alpha value is -1.88. The Kier molecular flexibility index (Phi) is 4.39. The zero-order valence-electron chi connectivity index (χ0n) is 11.9. The summed E-state index contributed by atoms with van der Waals surface area (Å²) < 4.78 is 18.6. The molecule has 0 radical (unpaired) electrons. The molecule has 0 saturated heterocycles. The van der Waals surface area contributed by atoms with Gasteiger partial charge in [0.2, 0.25) is 5.91 Å². The van der Waals surface area contributed by atoms with Gasteiger partial charge in [-0.25, -0.2) is 4.39 Å². The van der Waals surface area contributed by atoms with Gasteiger partial charge in [-0.3, -0.25) is 4.79 Å². The number of nitrogens with one attached hydrogen (secondary N) is 2. The van der Waals surface area contributed by atoms with E-state index in [-0.39, 0.29) is 24.2 Å². The molecule has 0 spiro atoms. The lowest BCUT2D eigenvalue weighted by atomic mass is 10.0. The number of ether oxygens (including phenoxy) is 1. The second-order valence-corrected chi connectivity index (χ2v) is 5.12. The number of carbonyl (C=O) groups is 1. The average Bonchev–Trinajstić information content (AvgIpc) is 2.77. The van der Waals surface area contributed by atoms with E-state index in [0.717, 1.165) is 16.6 Å². The SMILES string of the molecule is COCC(=O)NCc1cc2cc(F)c(C(C)C)cc2[nH]1. The van der Waals surface area contributed by atoms with Crippen LogP contribution in [-0.2, 0) is 16.1 Å². The summed E-state index contributed by atoms with van der Waals surface area (Å²) in [5.41, 5.74) is 2.41. The molecule has 20 heavy (non-hydrogen) atoms. The quantitative estimate of drug-likeness (QED) is 0.883. The molecule has 0 fully saturated rings. The Balaban J connectivity index is 2.19. The van der Waals surface area contributed by atoms with Gasteiger partial charge in [-0.15, -0.1) is 0 Å². The lowest BCUT2D eigenvalue weighted by Gasteiger charge is -2.06. The number of amides is 1. The molecule has 0 aliphatic carbocycles. The molecule has 0 unspecified atom stereocenters. The van der Waals surface area contributed by atoms with Crippen LogP contribution in [-0.4, -0.2) is 24.6 Å². The number of hydrogen-bond donors (Lipinski definition) is 2. The van der Waals surface area contributed by atoms with Crippen LogP contribution in [0.1, 0.15) is 31.0 Å². The number of aromatic nitrogens is 1. The first-order valence-electron chi connectivity index (χ1n) is 6.58. The molecule has 1 aromatic carbocycles. The number of hydrogen-bond acceptors (Lipinski definition) is 2. The van der Waals surface area contributed by atoms with Crippen molar-refractivity contribution in [3.63, 3.8) is 0 Å². The summed E-state index contributed by atoms with van der Waals surface area (Å²) in [6.07, 6.45) is 0.